The monoisotopic (exact) mass is 1250 g/mol. The molecule has 0 saturated carbocycles. The van der Waals surface area contributed by atoms with Crippen LogP contribution in [0.1, 0.15) is 0 Å². The molecule has 0 bridgehead atoms. The second-order valence-electron chi connectivity index (χ2n) is 25.6. The molecule has 4 heterocycles. The summed E-state index contributed by atoms with van der Waals surface area (Å²) in [5.41, 5.74) is 26.5. The molecular formula is C94H62N4. The molecule has 98 heavy (non-hydrogen) atoms. The van der Waals surface area contributed by atoms with E-state index in [9.17, 15) is 0 Å². The Labute approximate surface area is 567 Å². The molecule has 0 atom stereocenters. The lowest BCUT2D eigenvalue weighted by molar-refractivity contribution is 1.18. The molecule has 4 heteroatoms. The molecule has 20 aromatic rings. The van der Waals surface area contributed by atoms with Crippen molar-refractivity contribution in [3.8, 4) is 78.4 Å². The number of benzene rings is 16. The highest BCUT2D eigenvalue weighted by Crippen LogP contribution is 2.43. The van der Waals surface area contributed by atoms with Gasteiger partial charge in [-0.25, -0.2) is 0 Å². The van der Waals surface area contributed by atoms with Crippen molar-refractivity contribution in [2.24, 2.45) is 0 Å². The van der Waals surface area contributed by atoms with E-state index in [1.54, 1.807) is 0 Å². The first-order valence-corrected chi connectivity index (χ1v) is 33.7. The molecule has 4 nitrogen and oxygen atoms in total. The average Bonchev–Trinajstić information content (AvgIpc) is 1.59. The molecule has 0 aliphatic carbocycles. The highest BCUT2D eigenvalue weighted by Gasteiger charge is 2.20. The minimum Gasteiger partial charge on any atom is -0.309 e. The van der Waals surface area contributed by atoms with Crippen molar-refractivity contribution in [2.75, 3.05) is 0 Å². The second kappa shape index (κ2) is 23.5. The lowest BCUT2D eigenvalue weighted by atomic mass is 9.98. The molecule has 0 N–H and O–H groups in total. The quantitative estimate of drug-likeness (QED) is 0.137. The minimum absolute atomic E-state index is 1.15. The van der Waals surface area contributed by atoms with Gasteiger partial charge in [-0.15, -0.1) is 0 Å². The van der Waals surface area contributed by atoms with Crippen LogP contribution in [0.5, 0.6) is 0 Å². The largest absolute Gasteiger partial charge is 0.309 e. The summed E-state index contributed by atoms with van der Waals surface area (Å²) in [6.07, 6.45) is 0. The first-order valence-electron chi connectivity index (χ1n) is 33.7. The van der Waals surface area contributed by atoms with Gasteiger partial charge >= 0.3 is 0 Å². The topological polar surface area (TPSA) is 19.7 Å². The van der Waals surface area contributed by atoms with E-state index in [-0.39, 0.29) is 0 Å². The fourth-order valence-corrected chi connectivity index (χ4v) is 15.5. The maximum Gasteiger partial charge on any atom is 0.0541 e. The van der Waals surface area contributed by atoms with Crippen molar-refractivity contribution < 1.29 is 0 Å². The van der Waals surface area contributed by atoms with Gasteiger partial charge in [0.1, 0.15) is 0 Å². The van der Waals surface area contributed by atoms with Gasteiger partial charge in [0, 0.05) is 65.8 Å². The molecular weight excluding hydrogens is 1190 g/mol. The van der Waals surface area contributed by atoms with Crippen LogP contribution in [0.3, 0.4) is 0 Å². The maximum atomic E-state index is 2.43. The smallest absolute Gasteiger partial charge is 0.0541 e. The summed E-state index contributed by atoms with van der Waals surface area (Å²) in [6, 6.07) is 137. The highest BCUT2D eigenvalue weighted by atomic mass is 15.0. The predicted molar refractivity (Wildman–Crippen MR) is 415 cm³/mol. The SMILES string of the molecule is c1ccc(-c2cc(-c3ccccc3)cc(-n3c4ccccc4c4cc(-c5ccc6c(c5)c5ccccc5n6-c5ccccc5)ccc43)c2)cc1.c1ccc(-n2c3ccccc3c3cc(-c4ccc5c(c4)c4ccccc4n5-c4ccc(-c5cccc6ccccc56)cc4)ccc32)cc1. The number of rotatable bonds is 9. The molecule has 20 rings (SSSR count). The molecule has 0 aliphatic heterocycles. The molecule has 0 saturated heterocycles. The Balaban J connectivity index is 0.000000137. The second-order valence-corrected chi connectivity index (χ2v) is 25.6. The van der Waals surface area contributed by atoms with Crippen molar-refractivity contribution in [3.05, 3.63) is 376 Å². The molecule has 0 fully saturated rings. The van der Waals surface area contributed by atoms with Crippen LogP contribution in [0.15, 0.2) is 376 Å². The summed E-state index contributed by atoms with van der Waals surface area (Å²) < 4.78 is 9.58. The van der Waals surface area contributed by atoms with Gasteiger partial charge in [0.25, 0.3) is 0 Å². The number of aromatic nitrogens is 4. The standard InChI is InChI=1S/C48H32N2.C46H30N2/c1-4-14-33(15-5-1)37-28-38(34-16-6-2-7-17-34)30-40(29-37)50-46-23-13-11-21-42(46)44-32-36(25-27-48(44)50)35-24-26-47-43(31-35)41-20-10-12-22-45(41)49(47)39-18-8-3-9-19-39;1-2-13-35(14-3-1)47-43-19-8-6-16-39(43)41-29-33(23-27-45(41)47)34-24-28-46-42(30-34)40-17-7-9-20-44(40)48(46)36-25-21-32(22-26-36)38-18-10-12-31-11-4-5-15-37(31)38/h1-32H;1-30H. The average molecular weight is 1250 g/mol. The van der Waals surface area contributed by atoms with Crippen LogP contribution in [0.2, 0.25) is 0 Å². The van der Waals surface area contributed by atoms with Gasteiger partial charge in [0.2, 0.25) is 0 Å². The third kappa shape index (κ3) is 9.52. The van der Waals surface area contributed by atoms with Crippen LogP contribution in [0.4, 0.5) is 0 Å². The van der Waals surface area contributed by atoms with Crippen LogP contribution in [-0.2, 0) is 0 Å². The number of para-hydroxylation sites is 6. The lowest BCUT2D eigenvalue weighted by Gasteiger charge is -2.14. The predicted octanol–water partition coefficient (Wildman–Crippen LogP) is 25.2. The van der Waals surface area contributed by atoms with E-state index in [4.69, 9.17) is 0 Å². The van der Waals surface area contributed by atoms with Crippen LogP contribution < -0.4 is 0 Å². The number of nitrogens with zero attached hydrogens (tertiary/aromatic N) is 4. The van der Waals surface area contributed by atoms with Gasteiger partial charge in [-0.2, -0.15) is 0 Å². The van der Waals surface area contributed by atoms with E-state index < -0.39 is 0 Å². The van der Waals surface area contributed by atoms with Crippen molar-refractivity contribution in [1.82, 2.24) is 18.3 Å². The van der Waals surface area contributed by atoms with Crippen LogP contribution in [-0.4, -0.2) is 18.3 Å². The Hall–Kier alpha value is -13.0. The summed E-state index contributed by atoms with van der Waals surface area (Å²) in [6.45, 7) is 0. The fraction of sp³-hybridized carbons (Fsp3) is 0. The van der Waals surface area contributed by atoms with E-state index >= 15 is 0 Å². The first kappa shape index (κ1) is 56.5. The zero-order valence-electron chi connectivity index (χ0n) is 53.6. The van der Waals surface area contributed by atoms with Crippen molar-refractivity contribution in [3.63, 3.8) is 0 Å². The Morgan fingerprint density at radius 3 is 0.806 bits per heavy atom. The highest BCUT2D eigenvalue weighted by molar-refractivity contribution is 6.15. The number of hydrogen-bond donors (Lipinski definition) is 0. The Kier molecular flexibility index (Phi) is 13.5. The molecule has 0 spiro atoms. The van der Waals surface area contributed by atoms with E-state index in [2.05, 4.69) is 394 Å². The van der Waals surface area contributed by atoms with Gasteiger partial charge in [0.05, 0.1) is 44.1 Å². The molecule has 4 aromatic heterocycles. The van der Waals surface area contributed by atoms with E-state index in [1.807, 2.05) is 0 Å². The lowest BCUT2D eigenvalue weighted by Crippen LogP contribution is -1.96. The van der Waals surface area contributed by atoms with Crippen LogP contribution in [0, 0.1) is 0 Å². The van der Waals surface area contributed by atoms with E-state index in [1.165, 1.54) is 165 Å². The minimum atomic E-state index is 1.15. The molecule has 458 valence electrons. The van der Waals surface area contributed by atoms with Gasteiger partial charge < -0.3 is 18.3 Å². The van der Waals surface area contributed by atoms with Gasteiger partial charge in [0.15, 0.2) is 0 Å². The van der Waals surface area contributed by atoms with Crippen molar-refractivity contribution in [1.29, 1.82) is 0 Å². The summed E-state index contributed by atoms with van der Waals surface area (Å²) in [4.78, 5) is 0. The summed E-state index contributed by atoms with van der Waals surface area (Å²) >= 11 is 0. The van der Waals surface area contributed by atoms with Crippen molar-refractivity contribution >= 4 is 98.0 Å². The van der Waals surface area contributed by atoms with Gasteiger partial charge in [-0.05, 0) is 194 Å². The molecule has 0 unspecified atom stereocenters. The van der Waals surface area contributed by atoms with Crippen molar-refractivity contribution in [2.45, 2.75) is 0 Å². The summed E-state index contributed by atoms with van der Waals surface area (Å²) in [5.74, 6) is 0. The Bertz CT molecular complexity index is 6390. The molecule has 0 radical (unpaired) electrons. The summed E-state index contributed by atoms with van der Waals surface area (Å²) in [5, 5.41) is 12.6. The zero-order valence-corrected chi connectivity index (χ0v) is 53.6. The van der Waals surface area contributed by atoms with E-state index in [0.717, 1.165) is 11.4 Å². The molecule has 16 aromatic carbocycles. The summed E-state index contributed by atoms with van der Waals surface area (Å²) in [7, 11) is 0. The third-order valence-corrected chi connectivity index (χ3v) is 20.0. The maximum absolute atomic E-state index is 2.43. The van der Waals surface area contributed by atoms with E-state index in [0.29, 0.717) is 0 Å². The number of fused-ring (bicyclic) bond motifs is 13. The molecule has 0 aliphatic rings. The normalized spacial score (nSPS) is 11.7. The zero-order chi connectivity index (χ0) is 64.6. The molecule has 0 amide bonds. The van der Waals surface area contributed by atoms with Gasteiger partial charge in [-0.1, -0.05) is 249 Å². The van der Waals surface area contributed by atoms with Crippen LogP contribution >= 0.6 is 0 Å². The van der Waals surface area contributed by atoms with Gasteiger partial charge in [-0.3, -0.25) is 0 Å². The Morgan fingerprint density at radius 2 is 0.418 bits per heavy atom. The van der Waals surface area contributed by atoms with Crippen LogP contribution in [0.25, 0.3) is 176 Å². The third-order valence-electron chi connectivity index (χ3n) is 20.0. The Morgan fingerprint density at radius 1 is 0.133 bits per heavy atom. The first-order chi connectivity index (χ1) is 48.6. The number of hydrogen-bond acceptors (Lipinski definition) is 0. The fourth-order valence-electron chi connectivity index (χ4n) is 15.5.